The maximum absolute atomic E-state index is 2.47. The Labute approximate surface area is 349 Å². The van der Waals surface area contributed by atoms with E-state index in [4.69, 9.17) is 0 Å². The van der Waals surface area contributed by atoms with E-state index in [0.29, 0.717) is 5.92 Å². The quantitative estimate of drug-likeness (QED) is 0.169. The van der Waals surface area contributed by atoms with Gasteiger partial charge in [0.2, 0.25) is 0 Å². The lowest BCUT2D eigenvalue weighted by Crippen LogP contribution is -2.13. The van der Waals surface area contributed by atoms with E-state index < -0.39 is 0 Å². The zero-order valence-electron chi connectivity index (χ0n) is 36.3. The first-order chi connectivity index (χ1) is 28.1. The predicted molar refractivity (Wildman–Crippen MR) is 256 cm³/mol. The third-order valence-corrected chi connectivity index (χ3v) is 13.0. The zero-order chi connectivity index (χ0) is 41.1. The SMILES string of the molecule is Cc1ccccc1N(c1ccc2cc3c(cc2c1)-c1cc2ccc(-n4c5ccc(C(C)(C)C)cc5c5cc(C(C)(C)C)ccc54)cc2cc1-3)c1cc(C(C)C)ccc1C. The van der Waals surface area contributed by atoms with Crippen molar-refractivity contribution in [1.82, 2.24) is 4.57 Å². The fraction of sp³-hybridized carbons (Fsp3) is 0.228. The van der Waals surface area contributed by atoms with Gasteiger partial charge in [0.25, 0.3) is 0 Å². The van der Waals surface area contributed by atoms with Crippen LogP contribution in [0.25, 0.3) is 71.3 Å². The van der Waals surface area contributed by atoms with Gasteiger partial charge in [-0.3, -0.25) is 0 Å². The molecule has 2 nitrogen and oxygen atoms in total. The van der Waals surface area contributed by atoms with Gasteiger partial charge in [0.1, 0.15) is 0 Å². The second-order valence-electron chi connectivity index (χ2n) is 19.5. The number of hydrogen-bond acceptors (Lipinski definition) is 1. The minimum atomic E-state index is 0.0691. The van der Waals surface area contributed by atoms with Crippen LogP contribution in [0.3, 0.4) is 0 Å². The van der Waals surface area contributed by atoms with Gasteiger partial charge < -0.3 is 9.47 Å². The monoisotopic (exact) mass is 766 g/mol. The normalized spacial score (nSPS) is 12.7. The molecule has 0 bridgehead atoms. The number of hydrogen-bond donors (Lipinski definition) is 0. The summed E-state index contributed by atoms with van der Waals surface area (Å²) in [6.07, 6.45) is 0. The number of anilines is 3. The topological polar surface area (TPSA) is 8.17 Å². The summed E-state index contributed by atoms with van der Waals surface area (Å²) in [5.74, 6) is 0.448. The Bertz CT molecular complexity index is 3100. The summed E-state index contributed by atoms with van der Waals surface area (Å²) in [4.78, 5) is 2.46. The van der Waals surface area contributed by atoms with Crippen molar-refractivity contribution in [3.63, 3.8) is 0 Å². The standard InChI is InChI=1S/C57H54N2/c1-34(2)37-16-15-36(4)55(31-37)58(52-14-12-11-13-35(52)3)44-21-17-38-27-46-48(29-40(38)25-44)47-28-39-18-22-45(26-41(39)30-49(46)47)59-53-23-19-42(56(5,6)7)32-50(53)51-33-43(57(8,9)10)20-24-54(51)59/h11-34H,1-10H3. The summed E-state index contributed by atoms with van der Waals surface area (Å²) in [5, 5.41) is 7.70. The Kier molecular flexibility index (Phi) is 8.31. The lowest BCUT2D eigenvalue weighted by atomic mass is 9.78. The van der Waals surface area contributed by atoms with Gasteiger partial charge >= 0.3 is 0 Å². The van der Waals surface area contributed by atoms with Crippen LogP contribution < -0.4 is 4.90 Å². The lowest BCUT2D eigenvalue weighted by Gasteiger charge is -2.30. The van der Waals surface area contributed by atoms with Crippen LogP contribution in [0.2, 0.25) is 0 Å². The molecule has 0 N–H and O–H groups in total. The van der Waals surface area contributed by atoms with Crippen LogP contribution in [-0.2, 0) is 10.8 Å². The number of benzene rings is 8. The molecular formula is C57H54N2. The van der Waals surface area contributed by atoms with Crippen molar-refractivity contribution >= 4 is 60.4 Å². The number of rotatable bonds is 5. The highest BCUT2D eigenvalue weighted by molar-refractivity contribution is 6.13. The smallest absolute Gasteiger partial charge is 0.0541 e. The van der Waals surface area contributed by atoms with E-state index in [-0.39, 0.29) is 10.8 Å². The molecule has 8 aromatic carbocycles. The molecule has 1 heterocycles. The first kappa shape index (κ1) is 37.2. The van der Waals surface area contributed by atoms with Crippen molar-refractivity contribution in [3.05, 3.63) is 167 Å². The lowest BCUT2D eigenvalue weighted by molar-refractivity contribution is 0.590. The molecule has 292 valence electrons. The van der Waals surface area contributed by atoms with Gasteiger partial charge in [0.05, 0.1) is 11.0 Å². The van der Waals surface area contributed by atoms with Crippen molar-refractivity contribution in [3.8, 4) is 27.9 Å². The first-order valence-electron chi connectivity index (χ1n) is 21.4. The Hall–Kier alpha value is -6.12. The van der Waals surface area contributed by atoms with Gasteiger partial charge in [-0.05, 0) is 187 Å². The second kappa shape index (κ2) is 13.2. The molecule has 0 radical (unpaired) electrons. The molecule has 10 rings (SSSR count). The van der Waals surface area contributed by atoms with Crippen LogP contribution >= 0.6 is 0 Å². The van der Waals surface area contributed by atoms with Crippen molar-refractivity contribution < 1.29 is 0 Å². The van der Waals surface area contributed by atoms with Crippen molar-refractivity contribution in [2.24, 2.45) is 0 Å². The van der Waals surface area contributed by atoms with E-state index in [1.54, 1.807) is 0 Å². The molecule has 1 aliphatic rings. The number of fused-ring (bicyclic) bond motifs is 9. The van der Waals surface area contributed by atoms with Gasteiger partial charge in [0.15, 0.2) is 0 Å². The van der Waals surface area contributed by atoms with E-state index in [2.05, 4.69) is 218 Å². The number of para-hydroxylation sites is 1. The molecule has 0 fully saturated rings. The Morgan fingerprint density at radius 3 is 1.54 bits per heavy atom. The highest BCUT2D eigenvalue weighted by Crippen LogP contribution is 2.51. The first-order valence-corrected chi connectivity index (χ1v) is 21.4. The number of aryl methyl sites for hydroxylation is 2. The molecular weight excluding hydrogens is 713 g/mol. The fourth-order valence-electron chi connectivity index (χ4n) is 9.36. The van der Waals surface area contributed by atoms with Crippen LogP contribution in [-0.4, -0.2) is 4.57 Å². The Morgan fingerprint density at radius 2 is 0.983 bits per heavy atom. The third-order valence-electron chi connectivity index (χ3n) is 13.0. The van der Waals surface area contributed by atoms with Gasteiger partial charge in [-0.15, -0.1) is 0 Å². The largest absolute Gasteiger partial charge is 0.310 e. The summed E-state index contributed by atoms with van der Waals surface area (Å²) in [6, 6.07) is 53.5. The summed E-state index contributed by atoms with van der Waals surface area (Å²) in [6.45, 7) is 22.8. The Balaban J connectivity index is 1.07. The van der Waals surface area contributed by atoms with Crippen molar-refractivity contribution in [2.75, 3.05) is 4.90 Å². The van der Waals surface area contributed by atoms with Crippen LogP contribution in [0.15, 0.2) is 140 Å². The van der Waals surface area contributed by atoms with Gasteiger partial charge in [-0.25, -0.2) is 0 Å². The molecule has 1 aromatic heterocycles. The van der Waals surface area contributed by atoms with Crippen LogP contribution in [0.5, 0.6) is 0 Å². The molecule has 0 unspecified atom stereocenters. The molecule has 2 heteroatoms. The molecule has 1 aliphatic carbocycles. The summed E-state index contributed by atoms with van der Waals surface area (Å²) in [7, 11) is 0. The maximum atomic E-state index is 2.47. The van der Waals surface area contributed by atoms with Crippen LogP contribution in [0.4, 0.5) is 17.1 Å². The minimum Gasteiger partial charge on any atom is -0.310 e. The van der Waals surface area contributed by atoms with E-state index in [1.165, 1.54) is 116 Å². The molecule has 0 saturated carbocycles. The average Bonchev–Trinajstić information content (AvgIpc) is 3.53. The predicted octanol–water partition coefficient (Wildman–Crippen LogP) is 16.5. The van der Waals surface area contributed by atoms with Crippen LogP contribution in [0.1, 0.15) is 89.1 Å². The van der Waals surface area contributed by atoms with E-state index >= 15 is 0 Å². The van der Waals surface area contributed by atoms with Crippen molar-refractivity contribution in [2.45, 2.75) is 86.0 Å². The maximum Gasteiger partial charge on any atom is 0.0541 e. The molecule has 9 aromatic rings. The molecule has 0 spiro atoms. The Morgan fingerprint density at radius 1 is 0.458 bits per heavy atom. The fourth-order valence-corrected chi connectivity index (χ4v) is 9.36. The zero-order valence-corrected chi connectivity index (χ0v) is 36.3. The highest BCUT2D eigenvalue weighted by Gasteiger charge is 2.26. The van der Waals surface area contributed by atoms with E-state index in [1.807, 2.05) is 0 Å². The van der Waals surface area contributed by atoms with Gasteiger partial charge in [0, 0.05) is 33.5 Å². The van der Waals surface area contributed by atoms with E-state index in [0.717, 1.165) is 0 Å². The summed E-state index contributed by atoms with van der Waals surface area (Å²) < 4.78 is 2.47. The molecule has 0 amide bonds. The average molecular weight is 767 g/mol. The third kappa shape index (κ3) is 6.07. The van der Waals surface area contributed by atoms with Crippen LogP contribution in [0, 0.1) is 13.8 Å². The second-order valence-corrected chi connectivity index (χ2v) is 19.5. The molecule has 0 aliphatic heterocycles. The minimum absolute atomic E-state index is 0.0691. The number of aromatic nitrogens is 1. The molecule has 0 atom stereocenters. The number of nitrogens with zero attached hydrogens (tertiary/aromatic N) is 2. The van der Waals surface area contributed by atoms with Crippen molar-refractivity contribution in [1.29, 1.82) is 0 Å². The molecule has 0 saturated heterocycles. The highest BCUT2D eigenvalue weighted by atomic mass is 15.1. The van der Waals surface area contributed by atoms with Gasteiger partial charge in [-0.1, -0.05) is 110 Å². The van der Waals surface area contributed by atoms with Gasteiger partial charge in [-0.2, -0.15) is 0 Å². The summed E-state index contributed by atoms with van der Waals surface area (Å²) in [5.41, 5.74) is 19.4. The summed E-state index contributed by atoms with van der Waals surface area (Å²) >= 11 is 0. The molecule has 59 heavy (non-hydrogen) atoms. The van der Waals surface area contributed by atoms with E-state index in [9.17, 15) is 0 Å².